The number of halogens is 2. The SMILES string of the molecule is CN(C)CCCn1c(CNC(=O)N2CCC(N3CCc4ccccc4NC3=O)CC2)nc2ccccc21.Cc1cc(Br)c(N)c(Br)c1. The number of rotatable bonds is 7. The van der Waals surface area contributed by atoms with Crippen molar-refractivity contribution in [2.24, 2.45) is 0 Å². The number of nitrogen functional groups attached to an aromatic ring is 1. The number of urea groups is 2. The van der Waals surface area contributed by atoms with Gasteiger partial charge in [0, 0.05) is 46.9 Å². The number of para-hydroxylation sites is 3. The molecular weight excluding hydrogens is 724 g/mol. The zero-order valence-corrected chi connectivity index (χ0v) is 30.5. The van der Waals surface area contributed by atoms with Gasteiger partial charge in [0.2, 0.25) is 0 Å². The molecule has 12 heteroatoms. The van der Waals surface area contributed by atoms with Gasteiger partial charge in [-0.05, 0) is 127 Å². The van der Waals surface area contributed by atoms with E-state index in [4.69, 9.17) is 10.7 Å². The average molecular weight is 769 g/mol. The van der Waals surface area contributed by atoms with Crippen molar-refractivity contribution in [3.05, 3.63) is 86.6 Å². The molecule has 0 radical (unpaired) electrons. The van der Waals surface area contributed by atoms with E-state index in [1.54, 1.807) is 0 Å². The Morgan fingerprint density at radius 1 is 1.04 bits per heavy atom. The molecule has 2 aliphatic heterocycles. The zero-order valence-electron chi connectivity index (χ0n) is 27.3. The Morgan fingerprint density at radius 3 is 2.45 bits per heavy atom. The summed E-state index contributed by atoms with van der Waals surface area (Å²) in [4.78, 5) is 36.7. The Morgan fingerprint density at radius 2 is 1.72 bits per heavy atom. The quantitative estimate of drug-likeness (QED) is 0.178. The van der Waals surface area contributed by atoms with Crippen LogP contribution >= 0.6 is 31.9 Å². The lowest BCUT2D eigenvalue weighted by atomic mass is 10.0. The Balaban J connectivity index is 0.000000371. The number of nitrogens with two attached hydrogens (primary N) is 1. The number of amides is 4. The highest BCUT2D eigenvalue weighted by molar-refractivity contribution is 9.11. The summed E-state index contributed by atoms with van der Waals surface area (Å²) in [5, 5.41) is 6.16. The van der Waals surface area contributed by atoms with Crippen LogP contribution in [0, 0.1) is 6.92 Å². The number of aromatic nitrogens is 2. The van der Waals surface area contributed by atoms with Crippen molar-refractivity contribution in [1.82, 2.24) is 29.6 Å². The van der Waals surface area contributed by atoms with Crippen molar-refractivity contribution >= 4 is 66.3 Å². The van der Waals surface area contributed by atoms with E-state index in [0.29, 0.717) is 26.2 Å². The summed E-state index contributed by atoms with van der Waals surface area (Å²) in [6.07, 6.45) is 3.41. The van der Waals surface area contributed by atoms with E-state index in [9.17, 15) is 9.59 Å². The molecule has 1 aromatic heterocycles. The van der Waals surface area contributed by atoms with E-state index in [1.807, 2.05) is 65.3 Å². The average Bonchev–Trinajstić information content (AvgIpc) is 3.31. The van der Waals surface area contributed by atoms with Crippen LogP contribution in [0.5, 0.6) is 0 Å². The van der Waals surface area contributed by atoms with E-state index in [-0.39, 0.29) is 18.1 Å². The number of piperidine rings is 1. The fourth-order valence-corrected chi connectivity index (χ4v) is 7.57. The fraction of sp³-hybridized carbons (Fsp3) is 0.400. The third-order valence-corrected chi connectivity index (χ3v) is 9.99. The number of imidazole rings is 1. The third-order valence-electron chi connectivity index (χ3n) is 8.68. The first-order valence-corrected chi connectivity index (χ1v) is 17.7. The van der Waals surface area contributed by atoms with E-state index < -0.39 is 0 Å². The maximum atomic E-state index is 13.0. The molecule has 2 aliphatic rings. The first kappa shape index (κ1) is 34.7. The Labute approximate surface area is 293 Å². The summed E-state index contributed by atoms with van der Waals surface area (Å²) >= 11 is 6.68. The van der Waals surface area contributed by atoms with E-state index >= 15 is 0 Å². The zero-order chi connectivity index (χ0) is 33.5. The second kappa shape index (κ2) is 16.0. The molecule has 250 valence electrons. The molecule has 0 spiro atoms. The van der Waals surface area contributed by atoms with Crippen LogP contribution in [-0.4, -0.2) is 82.6 Å². The van der Waals surface area contributed by atoms with Crippen molar-refractivity contribution < 1.29 is 9.59 Å². The van der Waals surface area contributed by atoms with Crippen molar-refractivity contribution in [3.63, 3.8) is 0 Å². The normalized spacial score (nSPS) is 15.1. The minimum absolute atomic E-state index is 0.0407. The summed E-state index contributed by atoms with van der Waals surface area (Å²) in [5.74, 6) is 0.879. The molecule has 10 nitrogen and oxygen atoms in total. The highest BCUT2D eigenvalue weighted by Crippen LogP contribution is 2.29. The van der Waals surface area contributed by atoms with Gasteiger partial charge in [0.25, 0.3) is 0 Å². The molecule has 47 heavy (non-hydrogen) atoms. The molecule has 0 atom stereocenters. The van der Waals surface area contributed by atoms with Gasteiger partial charge in [-0.25, -0.2) is 14.6 Å². The number of hydrogen-bond donors (Lipinski definition) is 3. The largest absolute Gasteiger partial charge is 0.397 e. The van der Waals surface area contributed by atoms with E-state index in [1.165, 1.54) is 11.1 Å². The molecule has 4 aromatic rings. The molecule has 1 fully saturated rings. The topological polar surface area (TPSA) is 112 Å². The molecule has 4 amide bonds. The van der Waals surface area contributed by atoms with Gasteiger partial charge in [-0.3, -0.25) is 0 Å². The molecule has 6 rings (SSSR count). The number of carbonyl (C=O) groups excluding carboxylic acids is 2. The molecule has 1 saturated heterocycles. The number of benzene rings is 3. The van der Waals surface area contributed by atoms with Crippen LogP contribution in [0.3, 0.4) is 0 Å². The molecule has 3 heterocycles. The molecule has 3 aromatic carbocycles. The summed E-state index contributed by atoms with van der Waals surface area (Å²) in [6, 6.07) is 20.1. The highest BCUT2D eigenvalue weighted by atomic mass is 79.9. The molecule has 0 saturated carbocycles. The van der Waals surface area contributed by atoms with Crippen LogP contribution in [0.25, 0.3) is 11.0 Å². The number of nitrogens with one attached hydrogen (secondary N) is 2. The highest BCUT2D eigenvalue weighted by Gasteiger charge is 2.31. The van der Waals surface area contributed by atoms with Gasteiger partial charge in [0.15, 0.2) is 0 Å². The first-order valence-electron chi connectivity index (χ1n) is 16.1. The lowest BCUT2D eigenvalue weighted by molar-refractivity contribution is 0.134. The summed E-state index contributed by atoms with van der Waals surface area (Å²) in [5.41, 5.74) is 11.7. The van der Waals surface area contributed by atoms with Crippen LogP contribution in [0.15, 0.2) is 69.6 Å². The number of carbonyl (C=O) groups is 2. The van der Waals surface area contributed by atoms with Crippen molar-refractivity contribution in [2.75, 3.05) is 51.3 Å². The van der Waals surface area contributed by atoms with Crippen molar-refractivity contribution in [3.8, 4) is 0 Å². The number of hydrogen-bond acceptors (Lipinski definition) is 5. The minimum Gasteiger partial charge on any atom is -0.397 e. The summed E-state index contributed by atoms with van der Waals surface area (Å²) < 4.78 is 4.11. The maximum absolute atomic E-state index is 13.0. The van der Waals surface area contributed by atoms with Crippen LogP contribution in [0.4, 0.5) is 21.0 Å². The number of anilines is 2. The summed E-state index contributed by atoms with van der Waals surface area (Å²) in [6.45, 7) is 6.23. The second-order valence-electron chi connectivity index (χ2n) is 12.4. The third kappa shape index (κ3) is 8.85. The Hall–Kier alpha value is -3.61. The van der Waals surface area contributed by atoms with Gasteiger partial charge in [0.05, 0.1) is 23.3 Å². The summed E-state index contributed by atoms with van der Waals surface area (Å²) in [7, 11) is 4.16. The van der Waals surface area contributed by atoms with Gasteiger partial charge in [-0.2, -0.15) is 0 Å². The van der Waals surface area contributed by atoms with Crippen LogP contribution < -0.4 is 16.4 Å². The van der Waals surface area contributed by atoms with E-state index in [0.717, 1.165) is 76.0 Å². The van der Waals surface area contributed by atoms with Gasteiger partial charge in [-0.1, -0.05) is 30.3 Å². The number of nitrogens with zero attached hydrogens (tertiary/aromatic N) is 5. The molecule has 0 aliphatic carbocycles. The number of likely N-dealkylation sites (tertiary alicyclic amines) is 1. The molecule has 4 N–H and O–H groups in total. The lowest BCUT2D eigenvalue weighted by Crippen LogP contribution is -2.51. The molecule has 0 unspecified atom stereocenters. The number of fused-ring (bicyclic) bond motifs is 2. The first-order chi connectivity index (χ1) is 22.6. The van der Waals surface area contributed by atoms with Gasteiger partial charge >= 0.3 is 12.1 Å². The monoisotopic (exact) mass is 766 g/mol. The maximum Gasteiger partial charge on any atom is 0.322 e. The fourth-order valence-electron chi connectivity index (χ4n) is 6.15. The van der Waals surface area contributed by atoms with Crippen LogP contribution in [-0.2, 0) is 19.5 Å². The van der Waals surface area contributed by atoms with E-state index in [2.05, 4.69) is 78.2 Å². The molecule has 0 bridgehead atoms. The molecular formula is C35H44Br2N8O2. The van der Waals surface area contributed by atoms with Crippen molar-refractivity contribution in [1.29, 1.82) is 0 Å². The second-order valence-corrected chi connectivity index (χ2v) is 14.1. The van der Waals surface area contributed by atoms with Gasteiger partial charge in [0.1, 0.15) is 5.82 Å². The van der Waals surface area contributed by atoms with Crippen molar-refractivity contribution in [2.45, 2.75) is 51.7 Å². The Kier molecular flexibility index (Phi) is 11.8. The van der Waals surface area contributed by atoms with Crippen LogP contribution in [0.1, 0.15) is 36.2 Å². The standard InChI is InChI=1S/C28H37N7O2.C7H7Br2N/c1-32(2)15-7-16-35-25-11-6-5-10-24(25)30-26(35)20-29-27(36)33-17-13-22(14-18-33)34-19-12-21-8-3-4-9-23(21)31-28(34)37;1-4-2-5(8)7(10)6(9)3-4/h3-6,8-11,22H,7,12-20H2,1-2H3,(H,29,36)(H,31,37);2-3H,10H2,1H3. The van der Waals surface area contributed by atoms with Gasteiger partial charge in [-0.15, -0.1) is 0 Å². The van der Waals surface area contributed by atoms with Gasteiger partial charge < -0.3 is 35.6 Å². The predicted octanol–water partition coefficient (Wildman–Crippen LogP) is 6.85. The smallest absolute Gasteiger partial charge is 0.322 e. The minimum atomic E-state index is -0.0712. The Bertz CT molecular complexity index is 1680. The predicted molar refractivity (Wildman–Crippen MR) is 197 cm³/mol. The lowest BCUT2D eigenvalue weighted by Gasteiger charge is -2.37. The number of aryl methyl sites for hydroxylation is 2. The van der Waals surface area contributed by atoms with Crippen LogP contribution in [0.2, 0.25) is 0 Å².